The van der Waals surface area contributed by atoms with Crippen molar-refractivity contribution >= 4 is 130 Å². The lowest BCUT2D eigenvalue weighted by Crippen LogP contribution is -2.23. The molecule has 0 radical (unpaired) electrons. The Morgan fingerprint density at radius 2 is 0.768 bits per heavy atom. The fourth-order valence-corrected chi connectivity index (χ4v) is 11.2. The molecule has 0 amide bonds. The summed E-state index contributed by atoms with van der Waals surface area (Å²) in [6.07, 6.45) is 3.50. The van der Waals surface area contributed by atoms with Gasteiger partial charge in [0.15, 0.2) is 28.9 Å². The highest BCUT2D eigenvalue weighted by molar-refractivity contribution is 7.86. The second kappa shape index (κ2) is 21.1. The van der Waals surface area contributed by atoms with Gasteiger partial charge in [0.05, 0.1) is 33.6 Å². The van der Waals surface area contributed by atoms with E-state index in [0.29, 0.717) is 43.7 Å². The number of benzene rings is 8. The first-order chi connectivity index (χ1) is 39.1. The first-order valence-corrected chi connectivity index (χ1v) is 28.0. The SMILES string of the molecule is O=C1/C(=C/c2ccc(O)c(N=Nc3c(S(=O)(=O)O)cc(Nc4ccc(Cl)cc4)c4c3C(=O)c3ccccc3C4=O)c2)CC/C1=C\c1ccc(O)c(N=Nc2c(S(=O)(=O)O)cc(Nc3ccc(Cl)cc3)c3c2C(=O)c2ccccc2C3=O)c1. The number of hydrogen-bond donors (Lipinski definition) is 6. The number of phenolic OH excluding ortho intramolecular Hbond substituents is 2. The van der Waals surface area contributed by atoms with Gasteiger partial charge in [0, 0.05) is 54.8 Å². The maximum absolute atomic E-state index is 14.3. The quantitative estimate of drug-likeness (QED) is 0.0376. The van der Waals surface area contributed by atoms with Crippen LogP contribution in [0.1, 0.15) is 87.7 Å². The topological polar surface area (TPSA) is 308 Å². The molecule has 406 valence electrons. The van der Waals surface area contributed by atoms with E-state index < -0.39 is 92.9 Å². The molecule has 0 atom stereocenters. The summed E-state index contributed by atoms with van der Waals surface area (Å²) in [6, 6.07) is 34.0. The van der Waals surface area contributed by atoms with E-state index in [1.54, 1.807) is 36.4 Å². The maximum Gasteiger partial charge on any atom is 0.296 e. The third kappa shape index (κ3) is 10.3. The largest absolute Gasteiger partial charge is 0.506 e. The molecule has 19 nitrogen and oxygen atoms in total. The molecule has 1 saturated carbocycles. The third-order valence-electron chi connectivity index (χ3n) is 13.5. The molecule has 8 aromatic rings. The van der Waals surface area contributed by atoms with Crippen molar-refractivity contribution in [2.75, 3.05) is 10.6 Å². The number of anilines is 4. The number of carbonyl (C=O) groups excluding carboxylic acids is 5. The number of Topliss-reactive ketones (excluding diaryl/α,β-unsaturated/α-hetero) is 1. The molecule has 82 heavy (non-hydrogen) atoms. The molecule has 23 heteroatoms. The van der Waals surface area contributed by atoms with Crippen molar-refractivity contribution in [2.24, 2.45) is 20.5 Å². The number of azo groups is 2. The van der Waals surface area contributed by atoms with Crippen LogP contribution in [0.15, 0.2) is 187 Å². The van der Waals surface area contributed by atoms with Crippen LogP contribution in [0.2, 0.25) is 10.0 Å². The van der Waals surface area contributed by atoms with Crippen molar-refractivity contribution in [1.29, 1.82) is 0 Å². The van der Waals surface area contributed by atoms with Crippen LogP contribution in [0.4, 0.5) is 45.5 Å². The van der Waals surface area contributed by atoms with Gasteiger partial charge in [-0.3, -0.25) is 33.1 Å². The number of ketones is 5. The molecule has 3 aliphatic carbocycles. The second-order valence-corrected chi connectivity index (χ2v) is 22.4. The van der Waals surface area contributed by atoms with Crippen molar-refractivity contribution in [1.82, 2.24) is 0 Å². The van der Waals surface area contributed by atoms with Gasteiger partial charge in [0.1, 0.15) is 44.0 Å². The Morgan fingerprint density at radius 3 is 1.11 bits per heavy atom. The molecule has 0 spiro atoms. The number of hydrogen-bond acceptors (Lipinski definition) is 17. The van der Waals surface area contributed by atoms with Gasteiger partial charge in [-0.05, 0) is 121 Å². The molecule has 0 unspecified atom stereocenters. The first kappa shape index (κ1) is 54.4. The minimum atomic E-state index is -5.20. The highest BCUT2D eigenvalue weighted by Gasteiger charge is 2.40. The van der Waals surface area contributed by atoms with Gasteiger partial charge < -0.3 is 20.8 Å². The fourth-order valence-electron chi connectivity index (χ4n) is 9.68. The van der Waals surface area contributed by atoms with Gasteiger partial charge in [0.2, 0.25) is 0 Å². The number of fused-ring (bicyclic) bond motifs is 4. The molecule has 6 N–H and O–H groups in total. The van der Waals surface area contributed by atoms with E-state index in [4.69, 9.17) is 23.2 Å². The maximum atomic E-state index is 14.3. The lowest BCUT2D eigenvalue weighted by Gasteiger charge is -2.23. The summed E-state index contributed by atoms with van der Waals surface area (Å²) in [6.45, 7) is 0. The van der Waals surface area contributed by atoms with Crippen LogP contribution in [0, 0.1) is 0 Å². The third-order valence-corrected chi connectivity index (χ3v) is 15.8. The molecular formula is C59H36Cl2N6O13S2. The number of nitrogens with one attached hydrogen (secondary N) is 2. The Bertz CT molecular complexity index is 4260. The van der Waals surface area contributed by atoms with Crippen molar-refractivity contribution < 1.29 is 60.1 Å². The van der Waals surface area contributed by atoms with E-state index >= 15 is 0 Å². The van der Waals surface area contributed by atoms with Gasteiger partial charge in [-0.2, -0.15) is 16.8 Å². The van der Waals surface area contributed by atoms with Gasteiger partial charge in [0.25, 0.3) is 20.2 Å². The predicted octanol–water partition coefficient (Wildman–Crippen LogP) is 13.6. The Morgan fingerprint density at radius 1 is 0.427 bits per heavy atom. The highest BCUT2D eigenvalue weighted by atomic mass is 35.5. The molecule has 3 aliphatic rings. The molecule has 11 rings (SSSR count). The van der Waals surface area contributed by atoms with Gasteiger partial charge in [-0.1, -0.05) is 83.9 Å². The van der Waals surface area contributed by atoms with Crippen molar-refractivity contribution in [2.45, 2.75) is 22.6 Å². The van der Waals surface area contributed by atoms with Crippen LogP contribution in [0.25, 0.3) is 12.2 Å². The summed E-state index contributed by atoms with van der Waals surface area (Å²) in [7, 11) is -10.4. The van der Waals surface area contributed by atoms with Crippen LogP contribution in [0.5, 0.6) is 11.5 Å². The normalized spacial score (nSPS) is 15.1. The lowest BCUT2D eigenvalue weighted by molar-refractivity contribution is -0.111. The summed E-state index contributed by atoms with van der Waals surface area (Å²) in [5.41, 5.74) is -1.80. The lowest BCUT2D eigenvalue weighted by atomic mass is 9.82. The number of carbonyl (C=O) groups is 5. The Labute approximate surface area is 475 Å². The van der Waals surface area contributed by atoms with E-state index in [1.807, 2.05) is 0 Å². The number of rotatable bonds is 12. The molecular weight excluding hydrogens is 1140 g/mol. The van der Waals surface area contributed by atoms with E-state index in [-0.39, 0.29) is 69.0 Å². The molecule has 8 aromatic carbocycles. The van der Waals surface area contributed by atoms with Crippen LogP contribution in [-0.4, -0.2) is 65.1 Å². The van der Waals surface area contributed by atoms with Crippen LogP contribution >= 0.6 is 23.2 Å². The Balaban J connectivity index is 0.907. The predicted molar refractivity (Wildman–Crippen MR) is 303 cm³/mol. The summed E-state index contributed by atoms with van der Waals surface area (Å²) >= 11 is 12.1. The van der Waals surface area contributed by atoms with Crippen molar-refractivity contribution in [3.8, 4) is 11.5 Å². The van der Waals surface area contributed by atoms with Crippen LogP contribution < -0.4 is 10.6 Å². The number of allylic oxidation sites excluding steroid dienone is 2. The van der Waals surface area contributed by atoms with Gasteiger partial charge >= 0.3 is 0 Å². The van der Waals surface area contributed by atoms with E-state index in [0.717, 1.165) is 12.1 Å². The highest BCUT2D eigenvalue weighted by Crippen LogP contribution is 2.46. The van der Waals surface area contributed by atoms with Crippen molar-refractivity contribution in [3.05, 3.63) is 222 Å². The zero-order valence-corrected chi connectivity index (χ0v) is 44.9. The average Bonchev–Trinajstić information content (AvgIpc) is 3.23. The van der Waals surface area contributed by atoms with E-state index in [1.165, 1.54) is 109 Å². The average molecular weight is 1170 g/mol. The molecule has 0 aliphatic heterocycles. The monoisotopic (exact) mass is 1170 g/mol. The summed E-state index contributed by atoms with van der Waals surface area (Å²) in [5.74, 6) is -4.23. The van der Waals surface area contributed by atoms with E-state index in [2.05, 4.69) is 31.1 Å². The summed E-state index contributed by atoms with van der Waals surface area (Å²) in [5, 5.41) is 45.0. The minimum Gasteiger partial charge on any atom is -0.506 e. The molecule has 0 bridgehead atoms. The fraction of sp³-hybridized carbons (Fsp3) is 0.0339. The number of phenols is 2. The Kier molecular flexibility index (Phi) is 14.0. The molecule has 0 heterocycles. The second-order valence-electron chi connectivity index (χ2n) is 18.7. The Hall–Kier alpha value is -9.61. The zero-order valence-electron chi connectivity index (χ0n) is 41.7. The van der Waals surface area contributed by atoms with Gasteiger partial charge in [-0.15, -0.1) is 20.5 Å². The summed E-state index contributed by atoms with van der Waals surface area (Å²) < 4.78 is 73.4. The zero-order chi connectivity index (χ0) is 57.9. The van der Waals surface area contributed by atoms with Gasteiger partial charge in [-0.25, -0.2) is 0 Å². The van der Waals surface area contributed by atoms with Crippen LogP contribution in [-0.2, 0) is 25.0 Å². The number of nitrogens with zero attached hydrogens (tertiary/aromatic N) is 4. The summed E-state index contributed by atoms with van der Waals surface area (Å²) in [4.78, 5) is 69.1. The molecule has 1 fully saturated rings. The minimum absolute atomic E-state index is 0.0289. The number of aromatic hydroxyl groups is 2. The molecule has 0 aromatic heterocycles. The van der Waals surface area contributed by atoms with Crippen LogP contribution in [0.3, 0.4) is 0 Å². The number of halogens is 2. The smallest absolute Gasteiger partial charge is 0.296 e. The van der Waals surface area contributed by atoms with Crippen molar-refractivity contribution in [3.63, 3.8) is 0 Å². The standard InChI is InChI=1S/C59H36Cl2N6O13S2/c60-33-13-17-35(18-14-33)62-43-27-47(81(75,76)77)53(51-49(43)56(71)37-5-1-3-7-39(37)58(51)73)66-64-41-25-29(9-21-45(41)68)23-31-11-12-32(55(31)70)24-30-10-22-46(69)42(26-30)65-67-54-48(82(78,79)80)28-44(63-36-19-15-34(61)16-20-36)50-52(54)59(74)40-8-4-2-6-38(40)57(50)72/h1-10,13-28,62-63,68-69H,11-12H2,(H,75,76,77)(H,78,79,80)/b31-23+,32-24+,66-64?,67-65?. The first-order valence-electron chi connectivity index (χ1n) is 24.4. The molecule has 0 saturated heterocycles. The van der Waals surface area contributed by atoms with E-state index in [9.17, 15) is 60.1 Å².